The lowest BCUT2D eigenvalue weighted by Crippen LogP contribution is -2.14. The maximum Gasteiger partial charge on any atom is 0.325 e. The van der Waals surface area contributed by atoms with Gasteiger partial charge in [-0.05, 0) is 18.9 Å². The Balaban J connectivity index is 1.84. The first-order valence-corrected chi connectivity index (χ1v) is 6.63. The highest BCUT2D eigenvalue weighted by molar-refractivity contribution is 5.89. The van der Waals surface area contributed by atoms with E-state index in [9.17, 15) is 9.59 Å². The molecule has 110 valence electrons. The van der Waals surface area contributed by atoms with Gasteiger partial charge in [-0.25, -0.2) is 0 Å². The van der Waals surface area contributed by atoms with Crippen LogP contribution in [0.2, 0.25) is 0 Å². The zero-order chi connectivity index (χ0) is 15.2. The van der Waals surface area contributed by atoms with Crippen molar-refractivity contribution >= 4 is 17.7 Å². The largest absolute Gasteiger partial charge is 0.480 e. The number of carboxylic acids is 1. The predicted octanol–water partition coefficient (Wildman–Crippen LogP) is 1.85. The van der Waals surface area contributed by atoms with Gasteiger partial charge in [0.05, 0.1) is 0 Å². The SMILES string of the molecule is Cc1cccc(CCC(=O)Nc2ccn(CC(=O)O)n2)c1. The molecule has 0 saturated heterocycles. The van der Waals surface area contributed by atoms with Crippen molar-refractivity contribution in [3.8, 4) is 0 Å². The number of benzene rings is 1. The normalized spacial score (nSPS) is 10.3. The average Bonchev–Trinajstić information content (AvgIpc) is 2.83. The van der Waals surface area contributed by atoms with Gasteiger partial charge >= 0.3 is 5.97 Å². The van der Waals surface area contributed by atoms with Gasteiger partial charge in [0, 0.05) is 18.7 Å². The highest BCUT2D eigenvalue weighted by atomic mass is 16.4. The average molecular weight is 287 g/mol. The van der Waals surface area contributed by atoms with E-state index in [4.69, 9.17) is 5.11 Å². The molecule has 0 spiro atoms. The zero-order valence-corrected chi connectivity index (χ0v) is 11.7. The summed E-state index contributed by atoms with van der Waals surface area (Å²) in [6.45, 7) is 1.79. The van der Waals surface area contributed by atoms with E-state index in [1.165, 1.54) is 16.4 Å². The van der Waals surface area contributed by atoms with Crippen LogP contribution in [0.15, 0.2) is 36.5 Å². The number of carbonyl (C=O) groups is 2. The molecular weight excluding hydrogens is 270 g/mol. The summed E-state index contributed by atoms with van der Waals surface area (Å²) in [6, 6.07) is 9.60. The summed E-state index contributed by atoms with van der Waals surface area (Å²) < 4.78 is 1.26. The molecule has 0 saturated carbocycles. The molecule has 1 aromatic heterocycles. The fraction of sp³-hybridized carbons (Fsp3) is 0.267. The molecule has 0 unspecified atom stereocenters. The molecule has 21 heavy (non-hydrogen) atoms. The van der Waals surface area contributed by atoms with Crippen molar-refractivity contribution in [1.82, 2.24) is 9.78 Å². The number of carboxylic acid groups (broad SMARTS) is 1. The van der Waals surface area contributed by atoms with Crippen LogP contribution in [0.1, 0.15) is 17.5 Å². The molecule has 6 heteroatoms. The summed E-state index contributed by atoms with van der Waals surface area (Å²) in [5.74, 6) is -0.752. The van der Waals surface area contributed by atoms with Crippen LogP contribution in [-0.4, -0.2) is 26.8 Å². The predicted molar refractivity (Wildman–Crippen MR) is 78.0 cm³/mol. The Kier molecular flexibility index (Phi) is 4.71. The Morgan fingerprint density at radius 2 is 2.14 bits per heavy atom. The maximum atomic E-state index is 11.8. The Morgan fingerprint density at radius 3 is 2.86 bits per heavy atom. The summed E-state index contributed by atoms with van der Waals surface area (Å²) in [5, 5.41) is 15.3. The molecule has 1 aromatic carbocycles. The van der Waals surface area contributed by atoms with E-state index in [1.54, 1.807) is 6.07 Å². The molecule has 0 aliphatic rings. The number of carbonyl (C=O) groups excluding carboxylic acids is 1. The van der Waals surface area contributed by atoms with E-state index in [0.717, 1.165) is 5.56 Å². The summed E-state index contributed by atoms with van der Waals surface area (Å²) in [6.07, 6.45) is 2.53. The van der Waals surface area contributed by atoms with Crippen LogP contribution < -0.4 is 5.32 Å². The molecular formula is C15H17N3O3. The molecule has 1 heterocycles. The molecule has 6 nitrogen and oxygen atoms in total. The number of aromatic nitrogens is 2. The van der Waals surface area contributed by atoms with Crippen molar-refractivity contribution in [2.24, 2.45) is 0 Å². The summed E-state index contributed by atoms with van der Waals surface area (Å²) >= 11 is 0. The van der Waals surface area contributed by atoms with Gasteiger partial charge in [0.15, 0.2) is 5.82 Å². The Bertz CT molecular complexity index is 649. The lowest BCUT2D eigenvalue weighted by atomic mass is 10.1. The van der Waals surface area contributed by atoms with Crippen LogP contribution >= 0.6 is 0 Å². The van der Waals surface area contributed by atoms with Gasteiger partial charge in [-0.3, -0.25) is 14.3 Å². The number of hydrogen-bond donors (Lipinski definition) is 2. The minimum atomic E-state index is -0.976. The first kappa shape index (κ1) is 14.8. The molecule has 0 fully saturated rings. The van der Waals surface area contributed by atoms with Gasteiger partial charge in [0.1, 0.15) is 6.54 Å². The monoisotopic (exact) mass is 287 g/mol. The molecule has 0 aliphatic carbocycles. The van der Waals surface area contributed by atoms with E-state index in [0.29, 0.717) is 18.7 Å². The van der Waals surface area contributed by atoms with Crippen LogP contribution in [0.3, 0.4) is 0 Å². The topological polar surface area (TPSA) is 84.2 Å². The van der Waals surface area contributed by atoms with Crippen molar-refractivity contribution in [3.63, 3.8) is 0 Å². The Hall–Kier alpha value is -2.63. The standard InChI is InChI=1S/C15H17N3O3/c1-11-3-2-4-12(9-11)5-6-14(19)16-13-7-8-18(17-13)10-15(20)21/h2-4,7-9H,5-6,10H2,1H3,(H,20,21)(H,16,17,19). The van der Waals surface area contributed by atoms with Crippen LogP contribution in [0.4, 0.5) is 5.82 Å². The summed E-state index contributed by atoms with van der Waals surface area (Å²) in [4.78, 5) is 22.4. The fourth-order valence-corrected chi connectivity index (χ4v) is 1.99. The third-order valence-corrected chi connectivity index (χ3v) is 2.93. The van der Waals surface area contributed by atoms with Crippen molar-refractivity contribution in [3.05, 3.63) is 47.7 Å². The third-order valence-electron chi connectivity index (χ3n) is 2.93. The van der Waals surface area contributed by atoms with E-state index in [-0.39, 0.29) is 12.5 Å². The lowest BCUT2D eigenvalue weighted by molar-refractivity contribution is -0.137. The maximum absolute atomic E-state index is 11.8. The minimum Gasteiger partial charge on any atom is -0.480 e. The van der Waals surface area contributed by atoms with Crippen LogP contribution in [0, 0.1) is 6.92 Å². The van der Waals surface area contributed by atoms with Crippen LogP contribution in [0.5, 0.6) is 0 Å². The summed E-state index contributed by atoms with van der Waals surface area (Å²) in [7, 11) is 0. The van der Waals surface area contributed by atoms with Gasteiger partial charge in [0.2, 0.25) is 5.91 Å². The molecule has 2 aromatic rings. The van der Waals surface area contributed by atoms with Crippen LogP contribution in [-0.2, 0) is 22.6 Å². The first-order chi connectivity index (χ1) is 10.0. The number of anilines is 1. The van der Waals surface area contributed by atoms with Gasteiger partial charge in [-0.1, -0.05) is 29.8 Å². The number of aryl methyl sites for hydroxylation is 2. The van der Waals surface area contributed by atoms with E-state index < -0.39 is 5.97 Å². The van der Waals surface area contributed by atoms with E-state index in [1.807, 2.05) is 25.1 Å². The van der Waals surface area contributed by atoms with Crippen molar-refractivity contribution in [1.29, 1.82) is 0 Å². The second kappa shape index (κ2) is 6.69. The number of amides is 1. The summed E-state index contributed by atoms with van der Waals surface area (Å²) in [5.41, 5.74) is 2.28. The molecule has 0 atom stereocenters. The molecule has 2 rings (SSSR count). The number of aliphatic carboxylic acids is 1. The second-order valence-electron chi connectivity index (χ2n) is 4.83. The van der Waals surface area contributed by atoms with Crippen molar-refractivity contribution in [2.45, 2.75) is 26.3 Å². The number of rotatable bonds is 6. The van der Waals surface area contributed by atoms with Gasteiger partial charge in [-0.15, -0.1) is 0 Å². The molecule has 0 radical (unpaired) electrons. The molecule has 2 N–H and O–H groups in total. The lowest BCUT2D eigenvalue weighted by Gasteiger charge is -2.03. The van der Waals surface area contributed by atoms with E-state index in [2.05, 4.69) is 16.5 Å². The highest BCUT2D eigenvalue weighted by Crippen LogP contribution is 2.08. The zero-order valence-electron chi connectivity index (χ0n) is 11.7. The minimum absolute atomic E-state index is 0.142. The van der Waals surface area contributed by atoms with Gasteiger partial charge < -0.3 is 10.4 Å². The number of nitrogens with one attached hydrogen (secondary N) is 1. The molecule has 0 aliphatic heterocycles. The van der Waals surface area contributed by atoms with E-state index >= 15 is 0 Å². The number of hydrogen-bond acceptors (Lipinski definition) is 3. The Labute approximate surface area is 122 Å². The second-order valence-corrected chi connectivity index (χ2v) is 4.83. The van der Waals surface area contributed by atoms with Gasteiger partial charge in [0.25, 0.3) is 0 Å². The van der Waals surface area contributed by atoms with Crippen molar-refractivity contribution in [2.75, 3.05) is 5.32 Å². The fourth-order valence-electron chi connectivity index (χ4n) is 1.99. The molecule has 0 bridgehead atoms. The van der Waals surface area contributed by atoms with Crippen molar-refractivity contribution < 1.29 is 14.7 Å². The first-order valence-electron chi connectivity index (χ1n) is 6.63. The van der Waals surface area contributed by atoms with Gasteiger partial charge in [-0.2, -0.15) is 5.10 Å². The highest BCUT2D eigenvalue weighted by Gasteiger charge is 2.07. The quantitative estimate of drug-likeness (QED) is 0.849. The smallest absolute Gasteiger partial charge is 0.325 e. The third kappa shape index (κ3) is 4.76. The number of nitrogens with zero attached hydrogens (tertiary/aromatic N) is 2. The Morgan fingerprint density at radius 1 is 1.33 bits per heavy atom. The van der Waals surface area contributed by atoms with Crippen LogP contribution in [0.25, 0.3) is 0 Å². The molecule has 1 amide bonds.